The van der Waals surface area contributed by atoms with E-state index in [0.29, 0.717) is 23.7 Å². The van der Waals surface area contributed by atoms with Crippen LogP contribution in [0.15, 0.2) is 36.5 Å². The molecular formula is C16H18N2O4. The standard InChI is InChI=1S/C16H18N2O4/c1-21-14-7-3-5-12(16(14)22-2)9-17-15(20)10-18-8-4-6-13(18)11-19/h3-8,11H,9-10H2,1-2H3,(H,17,20). The number of aldehydes is 1. The molecule has 2 rings (SSSR count). The SMILES string of the molecule is COc1cccc(CNC(=O)Cn2cccc2C=O)c1OC. The summed E-state index contributed by atoms with van der Waals surface area (Å²) >= 11 is 0. The van der Waals surface area contributed by atoms with Crippen LogP contribution in [0.1, 0.15) is 16.1 Å². The third kappa shape index (κ3) is 3.46. The second-order valence-corrected chi connectivity index (χ2v) is 4.61. The topological polar surface area (TPSA) is 69.6 Å². The smallest absolute Gasteiger partial charge is 0.240 e. The van der Waals surface area contributed by atoms with Gasteiger partial charge in [-0.25, -0.2) is 0 Å². The molecule has 1 amide bonds. The number of para-hydroxylation sites is 1. The summed E-state index contributed by atoms with van der Waals surface area (Å²) in [5.74, 6) is 1.02. The molecule has 0 fully saturated rings. The summed E-state index contributed by atoms with van der Waals surface area (Å²) in [6.07, 6.45) is 2.41. The Balaban J connectivity index is 2.01. The number of carbonyl (C=O) groups is 2. The van der Waals surface area contributed by atoms with E-state index in [9.17, 15) is 9.59 Å². The molecule has 0 atom stereocenters. The Bertz CT molecular complexity index is 664. The fraction of sp³-hybridized carbons (Fsp3) is 0.250. The van der Waals surface area contributed by atoms with E-state index in [-0.39, 0.29) is 12.5 Å². The van der Waals surface area contributed by atoms with Crippen molar-refractivity contribution >= 4 is 12.2 Å². The van der Waals surface area contributed by atoms with Crippen LogP contribution in [0.2, 0.25) is 0 Å². The van der Waals surface area contributed by atoms with Gasteiger partial charge in [-0.15, -0.1) is 0 Å². The molecule has 0 aliphatic carbocycles. The Labute approximate surface area is 128 Å². The molecule has 0 saturated carbocycles. The highest BCUT2D eigenvalue weighted by molar-refractivity contribution is 5.78. The highest BCUT2D eigenvalue weighted by Crippen LogP contribution is 2.30. The summed E-state index contributed by atoms with van der Waals surface area (Å²) in [5, 5.41) is 2.80. The molecule has 0 radical (unpaired) electrons. The summed E-state index contributed by atoms with van der Waals surface area (Å²) in [6.45, 7) is 0.407. The van der Waals surface area contributed by atoms with Crippen LogP contribution >= 0.6 is 0 Å². The van der Waals surface area contributed by atoms with Gasteiger partial charge in [0, 0.05) is 18.3 Å². The van der Waals surface area contributed by atoms with Gasteiger partial charge in [-0.05, 0) is 18.2 Å². The van der Waals surface area contributed by atoms with Gasteiger partial charge in [-0.1, -0.05) is 12.1 Å². The van der Waals surface area contributed by atoms with Crippen molar-refractivity contribution in [2.45, 2.75) is 13.1 Å². The third-order valence-electron chi connectivity index (χ3n) is 3.26. The van der Waals surface area contributed by atoms with Crippen LogP contribution in [-0.2, 0) is 17.9 Å². The number of hydrogen-bond acceptors (Lipinski definition) is 4. The number of hydrogen-bond donors (Lipinski definition) is 1. The van der Waals surface area contributed by atoms with E-state index in [1.54, 1.807) is 43.2 Å². The fourth-order valence-electron chi connectivity index (χ4n) is 2.18. The highest BCUT2D eigenvalue weighted by atomic mass is 16.5. The van der Waals surface area contributed by atoms with E-state index in [0.717, 1.165) is 11.8 Å². The van der Waals surface area contributed by atoms with Crippen molar-refractivity contribution in [3.63, 3.8) is 0 Å². The second kappa shape index (κ2) is 7.31. The molecule has 22 heavy (non-hydrogen) atoms. The first-order chi connectivity index (χ1) is 10.7. The number of ether oxygens (including phenoxy) is 2. The summed E-state index contributed by atoms with van der Waals surface area (Å²) < 4.78 is 12.1. The Morgan fingerprint density at radius 2 is 2.05 bits per heavy atom. The van der Waals surface area contributed by atoms with Crippen molar-refractivity contribution in [3.05, 3.63) is 47.8 Å². The number of methoxy groups -OCH3 is 2. The normalized spacial score (nSPS) is 10.1. The molecule has 0 bridgehead atoms. The number of carbonyl (C=O) groups excluding carboxylic acids is 2. The largest absolute Gasteiger partial charge is 0.493 e. The maximum absolute atomic E-state index is 12.0. The van der Waals surface area contributed by atoms with Gasteiger partial charge in [0.1, 0.15) is 6.54 Å². The van der Waals surface area contributed by atoms with E-state index in [4.69, 9.17) is 9.47 Å². The molecule has 0 aliphatic heterocycles. The van der Waals surface area contributed by atoms with Crippen molar-refractivity contribution in [2.24, 2.45) is 0 Å². The van der Waals surface area contributed by atoms with Gasteiger partial charge < -0.3 is 19.4 Å². The number of nitrogens with one attached hydrogen (secondary N) is 1. The van der Waals surface area contributed by atoms with Gasteiger partial charge in [0.25, 0.3) is 0 Å². The number of benzene rings is 1. The molecule has 1 aromatic heterocycles. The number of aromatic nitrogens is 1. The zero-order valence-electron chi connectivity index (χ0n) is 12.5. The minimum absolute atomic E-state index is 0.0906. The summed E-state index contributed by atoms with van der Waals surface area (Å²) in [4.78, 5) is 22.8. The van der Waals surface area contributed by atoms with E-state index in [2.05, 4.69) is 5.32 Å². The third-order valence-corrected chi connectivity index (χ3v) is 3.26. The van der Waals surface area contributed by atoms with E-state index in [1.807, 2.05) is 12.1 Å². The molecule has 116 valence electrons. The van der Waals surface area contributed by atoms with Crippen molar-refractivity contribution in [2.75, 3.05) is 14.2 Å². The first-order valence-corrected chi connectivity index (χ1v) is 6.76. The fourth-order valence-corrected chi connectivity index (χ4v) is 2.18. The number of amides is 1. The quantitative estimate of drug-likeness (QED) is 0.789. The molecule has 0 aliphatic rings. The maximum Gasteiger partial charge on any atom is 0.240 e. The summed E-state index contributed by atoms with van der Waals surface area (Å²) in [6, 6.07) is 8.86. The van der Waals surface area contributed by atoms with Crippen molar-refractivity contribution < 1.29 is 19.1 Å². The van der Waals surface area contributed by atoms with Crippen LogP contribution in [-0.4, -0.2) is 31.0 Å². The van der Waals surface area contributed by atoms with Crippen LogP contribution in [0.5, 0.6) is 11.5 Å². The van der Waals surface area contributed by atoms with E-state index >= 15 is 0 Å². The average Bonchev–Trinajstić information content (AvgIpc) is 2.99. The second-order valence-electron chi connectivity index (χ2n) is 4.61. The lowest BCUT2D eigenvalue weighted by atomic mass is 10.2. The Hall–Kier alpha value is -2.76. The van der Waals surface area contributed by atoms with Crippen molar-refractivity contribution in [1.82, 2.24) is 9.88 Å². The monoisotopic (exact) mass is 302 g/mol. The van der Waals surface area contributed by atoms with E-state index in [1.165, 1.54) is 0 Å². The van der Waals surface area contributed by atoms with Crippen LogP contribution in [0.3, 0.4) is 0 Å². The number of rotatable bonds is 7. The Morgan fingerprint density at radius 3 is 2.73 bits per heavy atom. The average molecular weight is 302 g/mol. The summed E-state index contributed by atoms with van der Waals surface area (Å²) in [7, 11) is 3.12. The lowest BCUT2D eigenvalue weighted by molar-refractivity contribution is -0.121. The Morgan fingerprint density at radius 1 is 1.23 bits per heavy atom. The molecule has 6 heteroatoms. The molecule has 0 unspecified atom stereocenters. The molecule has 1 N–H and O–H groups in total. The van der Waals surface area contributed by atoms with Gasteiger partial charge >= 0.3 is 0 Å². The molecule has 0 spiro atoms. The minimum Gasteiger partial charge on any atom is -0.493 e. The predicted octanol–water partition coefficient (Wildman–Crippen LogP) is 1.63. The first kappa shape index (κ1) is 15.6. The van der Waals surface area contributed by atoms with Crippen LogP contribution in [0.4, 0.5) is 0 Å². The van der Waals surface area contributed by atoms with Gasteiger partial charge in [0.15, 0.2) is 17.8 Å². The number of nitrogens with zero attached hydrogens (tertiary/aromatic N) is 1. The van der Waals surface area contributed by atoms with Crippen LogP contribution < -0.4 is 14.8 Å². The molecule has 1 aromatic carbocycles. The molecule has 2 aromatic rings. The lowest BCUT2D eigenvalue weighted by Gasteiger charge is -2.13. The maximum atomic E-state index is 12.0. The van der Waals surface area contributed by atoms with Gasteiger partial charge in [-0.2, -0.15) is 0 Å². The highest BCUT2D eigenvalue weighted by Gasteiger charge is 2.11. The predicted molar refractivity (Wildman–Crippen MR) is 81.2 cm³/mol. The van der Waals surface area contributed by atoms with Crippen molar-refractivity contribution in [3.8, 4) is 11.5 Å². The molecule has 6 nitrogen and oxygen atoms in total. The lowest BCUT2D eigenvalue weighted by Crippen LogP contribution is -2.27. The first-order valence-electron chi connectivity index (χ1n) is 6.76. The molecular weight excluding hydrogens is 284 g/mol. The van der Waals surface area contributed by atoms with Gasteiger partial charge in [0.2, 0.25) is 5.91 Å². The zero-order chi connectivity index (χ0) is 15.9. The van der Waals surface area contributed by atoms with E-state index < -0.39 is 0 Å². The summed E-state index contributed by atoms with van der Waals surface area (Å²) in [5.41, 5.74) is 1.28. The molecule has 1 heterocycles. The van der Waals surface area contributed by atoms with Crippen LogP contribution in [0.25, 0.3) is 0 Å². The van der Waals surface area contributed by atoms with Gasteiger partial charge in [-0.3, -0.25) is 9.59 Å². The Kier molecular flexibility index (Phi) is 5.19. The van der Waals surface area contributed by atoms with Crippen molar-refractivity contribution in [1.29, 1.82) is 0 Å². The minimum atomic E-state index is -0.191. The molecule has 0 saturated heterocycles. The van der Waals surface area contributed by atoms with Gasteiger partial charge in [0.05, 0.1) is 19.9 Å². The zero-order valence-corrected chi connectivity index (χ0v) is 12.5. The van der Waals surface area contributed by atoms with Crippen LogP contribution in [0, 0.1) is 0 Å².